The highest BCUT2D eigenvalue weighted by atomic mass is 16.2. The summed E-state index contributed by atoms with van der Waals surface area (Å²) in [5.74, 6) is 0.178. The molecule has 2 atom stereocenters. The molecule has 2 aliphatic rings. The van der Waals surface area contributed by atoms with E-state index in [-0.39, 0.29) is 23.8 Å². The first-order valence-electron chi connectivity index (χ1n) is 8.38. The molecule has 23 heavy (non-hydrogen) atoms. The molecule has 0 spiro atoms. The van der Waals surface area contributed by atoms with Gasteiger partial charge in [0.15, 0.2) is 0 Å². The Kier molecular flexibility index (Phi) is 4.93. The van der Waals surface area contributed by atoms with Crippen LogP contribution < -0.4 is 21.5 Å². The second-order valence-corrected chi connectivity index (χ2v) is 6.40. The van der Waals surface area contributed by atoms with Crippen LogP contribution in [0.4, 0.5) is 11.4 Å². The molecule has 0 aromatic heterocycles. The van der Waals surface area contributed by atoms with E-state index in [0.29, 0.717) is 11.7 Å². The summed E-state index contributed by atoms with van der Waals surface area (Å²) in [6, 6.07) is 7.41. The Bertz CT molecular complexity index is 586. The van der Waals surface area contributed by atoms with Crippen molar-refractivity contribution in [2.24, 2.45) is 5.92 Å². The molecule has 1 heterocycles. The molecule has 1 saturated carbocycles. The summed E-state index contributed by atoms with van der Waals surface area (Å²) in [5.41, 5.74) is 7.63. The third kappa shape index (κ3) is 4.30. The van der Waals surface area contributed by atoms with Gasteiger partial charge in [-0.2, -0.15) is 0 Å². The van der Waals surface area contributed by atoms with E-state index >= 15 is 0 Å². The molecule has 0 radical (unpaired) electrons. The highest BCUT2D eigenvalue weighted by Gasteiger charge is 2.30. The van der Waals surface area contributed by atoms with Crippen molar-refractivity contribution in [3.8, 4) is 0 Å². The molecule has 6 heteroatoms. The number of hydrogen-bond acceptors (Lipinski definition) is 4. The van der Waals surface area contributed by atoms with Gasteiger partial charge in [0.1, 0.15) is 6.04 Å². The molecule has 2 unspecified atom stereocenters. The Morgan fingerprint density at radius 3 is 2.48 bits per heavy atom. The van der Waals surface area contributed by atoms with E-state index in [2.05, 4.69) is 28.4 Å². The van der Waals surface area contributed by atoms with Crippen LogP contribution in [0.1, 0.15) is 39.0 Å². The van der Waals surface area contributed by atoms with E-state index in [1.807, 2.05) is 18.2 Å². The molecule has 6 nitrogen and oxygen atoms in total. The van der Waals surface area contributed by atoms with Gasteiger partial charge in [0.25, 0.3) is 0 Å². The van der Waals surface area contributed by atoms with Crippen LogP contribution in [0.5, 0.6) is 0 Å². The summed E-state index contributed by atoms with van der Waals surface area (Å²) in [5, 5.41) is 5.80. The van der Waals surface area contributed by atoms with Crippen LogP contribution in [0, 0.1) is 5.92 Å². The van der Waals surface area contributed by atoms with Crippen LogP contribution in [0.15, 0.2) is 24.3 Å². The highest BCUT2D eigenvalue weighted by molar-refractivity contribution is 5.97. The van der Waals surface area contributed by atoms with Gasteiger partial charge in [-0.15, -0.1) is 0 Å². The zero-order valence-electron chi connectivity index (χ0n) is 13.4. The van der Waals surface area contributed by atoms with E-state index < -0.39 is 0 Å². The molecule has 2 amide bonds. The van der Waals surface area contributed by atoms with Gasteiger partial charge in [0.05, 0.1) is 0 Å². The Balaban J connectivity index is 1.55. The second-order valence-electron chi connectivity index (χ2n) is 6.40. The van der Waals surface area contributed by atoms with Gasteiger partial charge in [-0.25, -0.2) is 5.43 Å². The fourth-order valence-electron chi connectivity index (χ4n) is 2.83. The van der Waals surface area contributed by atoms with Crippen molar-refractivity contribution in [2.45, 2.75) is 51.1 Å². The first kappa shape index (κ1) is 16.0. The Morgan fingerprint density at radius 2 is 1.83 bits per heavy atom. The van der Waals surface area contributed by atoms with Gasteiger partial charge < -0.3 is 10.6 Å². The number of hydrogen-bond donors (Lipinski definition) is 4. The van der Waals surface area contributed by atoms with Gasteiger partial charge in [0, 0.05) is 23.3 Å². The lowest BCUT2D eigenvalue weighted by molar-refractivity contribution is -0.118. The number of anilines is 2. The number of rotatable bonds is 6. The standard InChI is InChI=1S/C17H24N4O2/c1-2-4-14-10-15(21-20-14)17(23)19-13-6-3-5-12(9-13)18-16(22)11-7-8-11/h3,5-6,9,11,14-15,20-21H,2,4,7-8,10H2,1H3,(H,18,22)(H,19,23). The minimum atomic E-state index is -0.226. The third-order valence-electron chi connectivity index (χ3n) is 4.28. The molecule has 1 aliphatic carbocycles. The van der Waals surface area contributed by atoms with Gasteiger partial charge in [-0.3, -0.25) is 15.0 Å². The first-order valence-corrected chi connectivity index (χ1v) is 8.38. The van der Waals surface area contributed by atoms with E-state index in [1.54, 1.807) is 6.07 Å². The van der Waals surface area contributed by atoms with Crippen molar-refractivity contribution in [3.05, 3.63) is 24.3 Å². The van der Waals surface area contributed by atoms with Crippen LogP contribution in [0.2, 0.25) is 0 Å². The molecule has 1 saturated heterocycles. The number of amides is 2. The topological polar surface area (TPSA) is 82.3 Å². The van der Waals surface area contributed by atoms with Crippen molar-refractivity contribution in [1.29, 1.82) is 0 Å². The van der Waals surface area contributed by atoms with Crippen LogP contribution >= 0.6 is 0 Å². The predicted molar refractivity (Wildman–Crippen MR) is 89.8 cm³/mol. The molecular formula is C17H24N4O2. The zero-order valence-corrected chi connectivity index (χ0v) is 13.4. The minimum absolute atomic E-state index is 0.0539. The molecule has 4 N–H and O–H groups in total. The summed E-state index contributed by atoms with van der Waals surface area (Å²) < 4.78 is 0. The first-order chi connectivity index (χ1) is 11.2. The molecule has 2 fully saturated rings. The number of carbonyl (C=O) groups is 2. The highest BCUT2D eigenvalue weighted by Crippen LogP contribution is 2.30. The maximum atomic E-state index is 12.3. The fraction of sp³-hybridized carbons (Fsp3) is 0.529. The lowest BCUT2D eigenvalue weighted by Gasteiger charge is -2.12. The van der Waals surface area contributed by atoms with Crippen molar-refractivity contribution >= 4 is 23.2 Å². The molecule has 3 rings (SSSR count). The van der Waals surface area contributed by atoms with E-state index in [9.17, 15) is 9.59 Å². The van der Waals surface area contributed by atoms with E-state index in [1.165, 1.54) is 0 Å². The lowest BCUT2D eigenvalue weighted by atomic mass is 10.1. The molecule has 0 bridgehead atoms. The van der Waals surface area contributed by atoms with Crippen LogP contribution in [-0.4, -0.2) is 23.9 Å². The van der Waals surface area contributed by atoms with E-state index in [0.717, 1.165) is 37.8 Å². The smallest absolute Gasteiger partial charge is 0.242 e. The van der Waals surface area contributed by atoms with Gasteiger partial charge in [-0.05, 0) is 43.9 Å². The Hall–Kier alpha value is -1.92. The third-order valence-corrected chi connectivity index (χ3v) is 4.28. The second kappa shape index (κ2) is 7.10. The number of carbonyl (C=O) groups excluding carboxylic acids is 2. The Morgan fingerprint density at radius 1 is 1.13 bits per heavy atom. The molecule has 124 valence electrons. The molecule has 1 aromatic rings. The SMILES string of the molecule is CCCC1CC(C(=O)Nc2cccc(NC(=O)C3CC3)c2)NN1. The summed E-state index contributed by atoms with van der Waals surface area (Å²) in [6.45, 7) is 2.14. The summed E-state index contributed by atoms with van der Waals surface area (Å²) >= 11 is 0. The number of benzene rings is 1. The van der Waals surface area contributed by atoms with Crippen LogP contribution in [-0.2, 0) is 9.59 Å². The summed E-state index contributed by atoms with van der Waals surface area (Å²) in [7, 11) is 0. The normalized spacial score (nSPS) is 23.5. The van der Waals surface area contributed by atoms with E-state index in [4.69, 9.17) is 0 Å². The van der Waals surface area contributed by atoms with Crippen LogP contribution in [0.3, 0.4) is 0 Å². The number of nitrogens with one attached hydrogen (secondary N) is 4. The van der Waals surface area contributed by atoms with Gasteiger partial charge in [0.2, 0.25) is 11.8 Å². The maximum Gasteiger partial charge on any atom is 0.242 e. The maximum absolute atomic E-state index is 12.3. The van der Waals surface area contributed by atoms with Crippen molar-refractivity contribution in [3.63, 3.8) is 0 Å². The van der Waals surface area contributed by atoms with Crippen molar-refractivity contribution in [1.82, 2.24) is 10.9 Å². The van der Waals surface area contributed by atoms with Gasteiger partial charge in [-0.1, -0.05) is 19.4 Å². The summed E-state index contributed by atoms with van der Waals surface area (Å²) in [6.07, 6.45) is 4.89. The lowest BCUT2D eigenvalue weighted by Crippen LogP contribution is -2.40. The van der Waals surface area contributed by atoms with Gasteiger partial charge >= 0.3 is 0 Å². The number of hydrazine groups is 1. The fourth-order valence-corrected chi connectivity index (χ4v) is 2.83. The monoisotopic (exact) mass is 316 g/mol. The van der Waals surface area contributed by atoms with Crippen molar-refractivity contribution in [2.75, 3.05) is 10.6 Å². The quantitative estimate of drug-likeness (QED) is 0.647. The molecule has 1 aliphatic heterocycles. The minimum Gasteiger partial charge on any atom is -0.326 e. The largest absolute Gasteiger partial charge is 0.326 e. The molecule has 1 aromatic carbocycles. The zero-order chi connectivity index (χ0) is 16.2. The average molecular weight is 316 g/mol. The Labute approximate surface area is 136 Å². The average Bonchev–Trinajstić information content (AvgIpc) is 3.28. The predicted octanol–water partition coefficient (Wildman–Crippen LogP) is 2.01. The van der Waals surface area contributed by atoms with Crippen molar-refractivity contribution < 1.29 is 9.59 Å². The summed E-state index contributed by atoms with van der Waals surface area (Å²) in [4.78, 5) is 24.1. The molecular weight excluding hydrogens is 292 g/mol. The van der Waals surface area contributed by atoms with Crippen LogP contribution in [0.25, 0.3) is 0 Å².